The number of Topliss-reactive ketones (excluding diaryl/α,β-unsaturated/α-hetero) is 1. The van der Waals surface area contributed by atoms with Gasteiger partial charge in [0.2, 0.25) is 0 Å². The number of rotatable bonds is 7. The number of hydrogen-bond donors (Lipinski definition) is 2. The summed E-state index contributed by atoms with van der Waals surface area (Å²) in [4.78, 5) is 26.2. The van der Waals surface area contributed by atoms with E-state index >= 15 is 0 Å². The minimum absolute atomic E-state index is 0.0409. The van der Waals surface area contributed by atoms with Crippen molar-refractivity contribution in [3.63, 3.8) is 0 Å². The molecule has 2 N–H and O–H groups in total. The summed E-state index contributed by atoms with van der Waals surface area (Å²) in [5.41, 5.74) is 4.65. The topological polar surface area (TPSA) is 95.1 Å². The van der Waals surface area contributed by atoms with Crippen molar-refractivity contribution in [2.75, 3.05) is 11.1 Å². The number of carbonyl (C=O) groups excluding carboxylic acids is 2. The zero-order chi connectivity index (χ0) is 24.9. The molecule has 4 rings (SSSR count). The molecule has 7 heteroatoms. The molecule has 35 heavy (non-hydrogen) atoms. The predicted octanol–water partition coefficient (Wildman–Crippen LogP) is 5.85. The van der Waals surface area contributed by atoms with Gasteiger partial charge in [0.25, 0.3) is 5.91 Å². The molecule has 1 aliphatic rings. The summed E-state index contributed by atoms with van der Waals surface area (Å²) in [5.74, 6) is -0.420. The van der Waals surface area contributed by atoms with Gasteiger partial charge in [-0.3, -0.25) is 9.59 Å². The normalized spacial score (nSPS) is 15.4. The Balaban J connectivity index is 1.64. The maximum absolute atomic E-state index is 13.4. The van der Waals surface area contributed by atoms with E-state index in [1.165, 1.54) is 18.0 Å². The van der Waals surface area contributed by atoms with E-state index in [4.69, 9.17) is 4.42 Å². The summed E-state index contributed by atoms with van der Waals surface area (Å²) in [6, 6.07) is 20.6. The number of anilines is 1. The van der Waals surface area contributed by atoms with E-state index in [0.29, 0.717) is 38.9 Å². The summed E-state index contributed by atoms with van der Waals surface area (Å²) in [5, 5.41) is 16.8. The first kappa shape index (κ1) is 24.1. The van der Waals surface area contributed by atoms with Crippen molar-refractivity contribution in [3.05, 3.63) is 111 Å². The number of nitrogens with zero attached hydrogens (tertiary/aromatic N) is 1. The average Bonchev–Trinajstić information content (AvgIpc) is 3.38. The Kier molecular flexibility index (Phi) is 7.23. The lowest BCUT2D eigenvalue weighted by atomic mass is 9.85. The molecule has 176 valence electrons. The molecule has 2 heterocycles. The predicted molar refractivity (Wildman–Crippen MR) is 138 cm³/mol. The van der Waals surface area contributed by atoms with Crippen molar-refractivity contribution in [2.24, 2.45) is 0 Å². The van der Waals surface area contributed by atoms with Crippen LogP contribution in [0, 0.1) is 25.2 Å². The van der Waals surface area contributed by atoms with Gasteiger partial charge in [-0.2, -0.15) is 5.26 Å². The van der Waals surface area contributed by atoms with Crippen LogP contribution in [0.5, 0.6) is 0 Å². The monoisotopic (exact) mass is 483 g/mol. The van der Waals surface area contributed by atoms with Crippen molar-refractivity contribution in [2.45, 2.75) is 26.7 Å². The number of para-hydroxylation sites is 1. The molecule has 0 bridgehead atoms. The molecule has 1 aliphatic heterocycles. The van der Waals surface area contributed by atoms with Crippen LogP contribution in [0.4, 0.5) is 5.69 Å². The molecular formula is C28H25N3O3S. The SMILES string of the molecule is CC1=C(C(=O)Nc2ccccc2C)C(c2ccco2)C(C#N)=C(SCC(=O)c2ccc(C)cc2)N1. The third kappa shape index (κ3) is 5.23. The van der Waals surface area contributed by atoms with E-state index in [0.717, 1.165) is 11.1 Å². The van der Waals surface area contributed by atoms with Crippen LogP contribution >= 0.6 is 11.8 Å². The third-order valence-electron chi connectivity index (χ3n) is 5.83. The molecule has 0 spiro atoms. The summed E-state index contributed by atoms with van der Waals surface area (Å²) in [6.07, 6.45) is 1.52. The number of nitrogens with one attached hydrogen (secondary N) is 2. The lowest BCUT2D eigenvalue weighted by Crippen LogP contribution is -2.31. The van der Waals surface area contributed by atoms with Gasteiger partial charge in [0.1, 0.15) is 5.76 Å². The van der Waals surface area contributed by atoms with Crippen LogP contribution < -0.4 is 10.6 Å². The van der Waals surface area contributed by atoms with Crippen LogP contribution in [0.15, 0.2) is 93.2 Å². The summed E-state index contributed by atoms with van der Waals surface area (Å²) >= 11 is 1.25. The molecule has 2 aromatic carbocycles. The van der Waals surface area contributed by atoms with Crippen LogP contribution in [0.2, 0.25) is 0 Å². The van der Waals surface area contributed by atoms with Crippen molar-refractivity contribution in [3.8, 4) is 6.07 Å². The Morgan fingerprint density at radius 3 is 2.46 bits per heavy atom. The number of allylic oxidation sites excluding steroid dienone is 2. The Labute approximate surface area is 208 Å². The minimum atomic E-state index is -0.697. The molecule has 1 atom stereocenters. The maximum Gasteiger partial charge on any atom is 0.254 e. The first-order valence-electron chi connectivity index (χ1n) is 11.1. The van der Waals surface area contributed by atoms with E-state index in [2.05, 4.69) is 16.7 Å². The number of hydrogen-bond acceptors (Lipinski definition) is 6. The number of thioether (sulfide) groups is 1. The van der Waals surface area contributed by atoms with Gasteiger partial charge in [-0.05, 0) is 44.5 Å². The average molecular weight is 484 g/mol. The van der Waals surface area contributed by atoms with E-state index < -0.39 is 5.92 Å². The second-order valence-corrected chi connectivity index (χ2v) is 9.30. The van der Waals surface area contributed by atoms with Crippen molar-refractivity contribution in [1.82, 2.24) is 5.32 Å². The Bertz CT molecular complexity index is 1360. The summed E-state index contributed by atoms with van der Waals surface area (Å²) < 4.78 is 5.66. The standard InChI is InChI=1S/C28H25N3O3S/c1-17-10-12-20(13-11-17)23(32)16-35-28-21(15-29)26(24-9-6-14-34-24)25(19(3)30-28)27(33)31-22-8-5-4-7-18(22)2/h4-14,26,30H,16H2,1-3H3,(H,31,33). The first-order chi connectivity index (χ1) is 16.9. The molecule has 0 aliphatic carbocycles. The molecule has 1 aromatic heterocycles. The molecule has 6 nitrogen and oxygen atoms in total. The Morgan fingerprint density at radius 1 is 1.06 bits per heavy atom. The highest BCUT2D eigenvalue weighted by Crippen LogP contribution is 2.41. The molecular weight excluding hydrogens is 458 g/mol. The minimum Gasteiger partial charge on any atom is -0.468 e. The van der Waals surface area contributed by atoms with Crippen LogP contribution in [-0.2, 0) is 4.79 Å². The molecule has 0 saturated heterocycles. The zero-order valence-electron chi connectivity index (χ0n) is 19.7. The molecule has 0 saturated carbocycles. The fourth-order valence-corrected chi connectivity index (χ4v) is 4.92. The van der Waals surface area contributed by atoms with Gasteiger partial charge >= 0.3 is 0 Å². The number of benzene rings is 2. The number of nitriles is 1. The van der Waals surface area contributed by atoms with Crippen LogP contribution in [-0.4, -0.2) is 17.4 Å². The second kappa shape index (κ2) is 10.5. The smallest absolute Gasteiger partial charge is 0.254 e. The Hall–Kier alpha value is -4.02. The van der Waals surface area contributed by atoms with Crippen molar-refractivity contribution >= 4 is 29.1 Å². The molecule has 1 unspecified atom stereocenters. The van der Waals surface area contributed by atoms with Crippen LogP contribution in [0.25, 0.3) is 0 Å². The van der Waals surface area contributed by atoms with E-state index in [9.17, 15) is 14.9 Å². The number of ketones is 1. The van der Waals surface area contributed by atoms with Crippen molar-refractivity contribution < 1.29 is 14.0 Å². The summed E-state index contributed by atoms with van der Waals surface area (Å²) in [7, 11) is 0. The Morgan fingerprint density at radius 2 is 1.80 bits per heavy atom. The van der Waals surface area contributed by atoms with Gasteiger partial charge in [0.15, 0.2) is 5.78 Å². The molecule has 1 amide bonds. The van der Waals surface area contributed by atoms with Gasteiger partial charge in [0.05, 0.1) is 40.2 Å². The fraction of sp³-hybridized carbons (Fsp3) is 0.179. The zero-order valence-corrected chi connectivity index (χ0v) is 20.5. The van der Waals surface area contributed by atoms with Crippen LogP contribution in [0.3, 0.4) is 0 Å². The molecule has 3 aromatic rings. The first-order valence-corrected chi connectivity index (χ1v) is 12.1. The number of dihydropyridines is 1. The van der Waals surface area contributed by atoms with Gasteiger partial charge in [0, 0.05) is 16.9 Å². The second-order valence-electron chi connectivity index (χ2n) is 8.31. The lowest BCUT2D eigenvalue weighted by Gasteiger charge is -2.28. The highest BCUT2D eigenvalue weighted by molar-refractivity contribution is 8.03. The number of aryl methyl sites for hydroxylation is 2. The van der Waals surface area contributed by atoms with Gasteiger partial charge in [-0.1, -0.05) is 59.8 Å². The fourth-order valence-electron chi connectivity index (χ4n) is 3.93. The quantitative estimate of drug-likeness (QED) is 0.410. The largest absolute Gasteiger partial charge is 0.468 e. The highest BCUT2D eigenvalue weighted by Gasteiger charge is 2.36. The van der Waals surface area contributed by atoms with Crippen LogP contribution in [0.1, 0.15) is 40.1 Å². The lowest BCUT2D eigenvalue weighted by molar-refractivity contribution is -0.113. The number of furan rings is 1. The van der Waals surface area contributed by atoms with Gasteiger partial charge < -0.3 is 15.1 Å². The van der Waals surface area contributed by atoms with Gasteiger partial charge in [-0.15, -0.1) is 0 Å². The van der Waals surface area contributed by atoms with E-state index in [-0.39, 0.29) is 17.4 Å². The van der Waals surface area contributed by atoms with E-state index in [1.54, 1.807) is 31.2 Å². The van der Waals surface area contributed by atoms with E-state index in [1.807, 2.05) is 50.2 Å². The summed E-state index contributed by atoms with van der Waals surface area (Å²) in [6.45, 7) is 5.68. The molecule has 0 radical (unpaired) electrons. The molecule has 0 fully saturated rings. The number of amides is 1. The van der Waals surface area contributed by atoms with Crippen molar-refractivity contribution in [1.29, 1.82) is 5.26 Å². The highest BCUT2D eigenvalue weighted by atomic mass is 32.2. The third-order valence-corrected chi connectivity index (χ3v) is 6.85. The van der Waals surface area contributed by atoms with Gasteiger partial charge in [-0.25, -0.2) is 0 Å². The maximum atomic E-state index is 13.4. The number of carbonyl (C=O) groups is 2.